The van der Waals surface area contributed by atoms with Crippen molar-refractivity contribution in [3.8, 4) is 11.3 Å². The molecule has 0 saturated carbocycles. The minimum Gasteiger partial charge on any atom is -0.256 e. The molecule has 1 heteroatoms. The predicted octanol–water partition coefficient (Wildman–Crippen LogP) is 5.20. The van der Waals surface area contributed by atoms with E-state index in [-0.39, 0.29) is 5.41 Å². The van der Waals surface area contributed by atoms with Crippen molar-refractivity contribution in [2.24, 2.45) is 0 Å². The summed E-state index contributed by atoms with van der Waals surface area (Å²) in [5, 5.41) is 2.52. The van der Waals surface area contributed by atoms with Gasteiger partial charge in [0.05, 0.1) is 5.69 Å². The maximum absolute atomic E-state index is 4.53. The normalized spacial score (nSPS) is 11.8. The third-order valence-electron chi connectivity index (χ3n) is 3.67. The van der Waals surface area contributed by atoms with Crippen molar-refractivity contribution in [2.75, 3.05) is 0 Å². The Labute approximate surface area is 120 Å². The van der Waals surface area contributed by atoms with Crippen LogP contribution in [0.25, 0.3) is 22.0 Å². The number of nitrogens with zero attached hydrogens (tertiary/aromatic N) is 1. The molecule has 0 atom stereocenters. The van der Waals surface area contributed by atoms with Crippen LogP contribution in [0, 0.1) is 0 Å². The molecular weight excluding hydrogens is 242 g/mol. The molecule has 1 heterocycles. The van der Waals surface area contributed by atoms with Gasteiger partial charge in [0.2, 0.25) is 0 Å². The van der Waals surface area contributed by atoms with E-state index in [1.54, 1.807) is 0 Å². The highest BCUT2D eigenvalue weighted by Gasteiger charge is 2.14. The van der Waals surface area contributed by atoms with Crippen LogP contribution in [0.4, 0.5) is 0 Å². The van der Waals surface area contributed by atoms with Crippen molar-refractivity contribution in [1.29, 1.82) is 0 Å². The van der Waals surface area contributed by atoms with Crippen molar-refractivity contribution in [3.05, 3.63) is 66.4 Å². The fourth-order valence-electron chi connectivity index (χ4n) is 2.40. The van der Waals surface area contributed by atoms with Gasteiger partial charge in [0.1, 0.15) is 0 Å². The first-order valence-corrected chi connectivity index (χ1v) is 7.00. The lowest BCUT2D eigenvalue weighted by Gasteiger charge is -2.19. The van der Waals surface area contributed by atoms with Crippen LogP contribution in [0.2, 0.25) is 0 Å². The molecule has 100 valence electrons. The number of fused-ring (bicyclic) bond motifs is 1. The Morgan fingerprint density at radius 3 is 2.30 bits per heavy atom. The highest BCUT2D eigenvalue weighted by atomic mass is 14.7. The lowest BCUT2D eigenvalue weighted by Crippen LogP contribution is -2.11. The number of aromatic nitrogens is 1. The number of hydrogen-bond donors (Lipinski definition) is 0. The van der Waals surface area contributed by atoms with Crippen LogP contribution in [0.15, 0.2) is 60.8 Å². The van der Waals surface area contributed by atoms with Gasteiger partial charge in [-0.3, -0.25) is 4.98 Å². The van der Waals surface area contributed by atoms with E-state index in [9.17, 15) is 0 Å². The lowest BCUT2D eigenvalue weighted by molar-refractivity contribution is 0.589. The second kappa shape index (κ2) is 4.75. The molecule has 3 rings (SSSR count). The van der Waals surface area contributed by atoms with Gasteiger partial charge in [-0.25, -0.2) is 0 Å². The molecule has 3 aromatic rings. The number of rotatable bonds is 1. The Hall–Kier alpha value is -2.15. The maximum Gasteiger partial charge on any atom is 0.0705 e. The maximum atomic E-state index is 4.53. The minimum atomic E-state index is 0.147. The van der Waals surface area contributed by atoms with Crippen LogP contribution < -0.4 is 0 Å². The van der Waals surface area contributed by atoms with E-state index in [0.29, 0.717) is 0 Å². The molecule has 0 bridgehead atoms. The first-order chi connectivity index (χ1) is 9.54. The van der Waals surface area contributed by atoms with Gasteiger partial charge in [0.25, 0.3) is 0 Å². The fourth-order valence-corrected chi connectivity index (χ4v) is 2.40. The number of pyridine rings is 1. The molecular formula is C19H19N. The molecule has 0 amide bonds. The van der Waals surface area contributed by atoms with Crippen molar-refractivity contribution in [1.82, 2.24) is 4.98 Å². The zero-order valence-corrected chi connectivity index (χ0v) is 12.2. The van der Waals surface area contributed by atoms with E-state index < -0.39 is 0 Å². The molecule has 1 aromatic heterocycles. The summed E-state index contributed by atoms with van der Waals surface area (Å²) in [5.74, 6) is 0. The first-order valence-electron chi connectivity index (χ1n) is 7.00. The first kappa shape index (κ1) is 12.9. The van der Waals surface area contributed by atoms with Crippen molar-refractivity contribution < 1.29 is 0 Å². The Balaban J connectivity index is 2.11. The van der Waals surface area contributed by atoms with E-state index in [1.807, 2.05) is 6.20 Å². The highest BCUT2D eigenvalue weighted by molar-refractivity contribution is 5.86. The summed E-state index contributed by atoms with van der Waals surface area (Å²) in [5.41, 5.74) is 3.68. The predicted molar refractivity (Wildman–Crippen MR) is 85.9 cm³/mol. The molecule has 0 fully saturated rings. The van der Waals surface area contributed by atoms with Gasteiger partial charge in [-0.1, -0.05) is 57.2 Å². The molecule has 20 heavy (non-hydrogen) atoms. The fraction of sp³-hybridized carbons (Fsp3) is 0.211. The van der Waals surface area contributed by atoms with E-state index in [4.69, 9.17) is 0 Å². The Bertz CT molecular complexity index is 751. The van der Waals surface area contributed by atoms with Crippen LogP contribution in [-0.2, 0) is 5.41 Å². The summed E-state index contributed by atoms with van der Waals surface area (Å²) in [6.45, 7) is 6.69. The van der Waals surface area contributed by atoms with Gasteiger partial charge in [-0.05, 0) is 39.9 Å². The van der Waals surface area contributed by atoms with E-state index in [1.165, 1.54) is 21.9 Å². The molecule has 0 N–H and O–H groups in total. The number of benzene rings is 2. The Morgan fingerprint density at radius 1 is 0.800 bits per heavy atom. The molecule has 0 radical (unpaired) electrons. The summed E-state index contributed by atoms with van der Waals surface area (Å²) in [7, 11) is 0. The van der Waals surface area contributed by atoms with E-state index in [0.717, 1.165) is 5.69 Å². The average Bonchev–Trinajstić information content (AvgIpc) is 2.46. The summed E-state index contributed by atoms with van der Waals surface area (Å²) in [4.78, 5) is 4.53. The van der Waals surface area contributed by atoms with Gasteiger partial charge >= 0.3 is 0 Å². The lowest BCUT2D eigenvalue weighted by atomic mass is 9.87. The quantitative estimate of drug-likeness (QED) is 0.586. The smallest absolute Gasteiger partial charge is 0.0705 e. The molecule has 2 aromatic carbocycles. The second-order valence-electron chi connectivity index (χ2n) is 6.24. The van der Waals surface area contributed by atoms with E-state index in [2.05, 4.69) is 80.4 Å². The van der Waals surface area contributed by atoms with Gasteiger partial charge in [0.15, 0.2) is 0 Å². The third-order valence-corrected chi connectivity index (χ3v) is 3.67. The molecule has 0 spiro atoms. The number of hydrogen-bond acceptors (Lipinski definition) is 1. The second-order valence-corrected chi connectivity index (χ2v) is 6.24. The van der Waals surface area contributed by atoms with Crippen LogP contribution in [-0.4, -0.2) is 4.98 Å². The summed E-state index contributed by atoms with van der Waals surface area (Å²) in [6.07, 6.45) is 1.91. The van der Waals surface area contributed by atoms with Gasteiger partial charge < -0.3 is 0 Å². The summed E-state index contributed by atoms with van der Waals surface area (Å²) >= 11 is 0. The molecule has 0 saturated heterocycles. The van der Waals surface area contributed by atoms with Gasteiger partial charge in [0, 0.05) is 11.8 Å². The molecule has 1 nitrogen and oxygen atoms in total. The van der Waals surface area contributed by atoms with Crippen molar-refractivity contribution in [3.63, 3.8) is 0 Å². The topological polar surface area (TPSA) is 12.9 Å². The van der Waals surface area contributed by atoms with Crippen LogP contribution in [0.5, 0.6) is 0 Å². The average molecular weight is 261 g/mol. The van der Waals surface area contributed by atoms with E-state index >= 15 is 0 Å². The van der Waals surface area contributed by atoms with Crippen LogP contribution in [0.1, 0.15) is 26.3 Å². The zero-order chi connectivity index (χ0) is 14.2. The Morgan fingerprint density at radius 2 is 1.55 bits per heavy atom. The summed E-state index contributed by atoms with van der Waals surface area (Å²) in [6, 6.07) is 19.3. The SMILES string of the molecule is CC(C)(C)c1ccnc(-c2ccc3ccccc3c2)c1. The van der Waals surface area contributed by atoms with Crippen LogP contribution in [0.3, 0.4) is 0 Å². The zero-order valence-electron chi connectivity index (χ0n) is 12.2. The largest absolute Gasteiger partial charge is 0.256 e. The molecule has 0 aliphatic rings. The molecule has 0 unspecified atom stereocenters. The molecule has 0 aliphatic carbocycles. The van der Waals surface area contributed by atoms with Crippen molar-refractivity contribution >= 4 is 10.8 Å². The minimum absolute atomic E-state index is 0.147. The van der Waals surface area contributed by atoms with Gasteiger partial charge in [-0.2, -0.15) is 0 Å². The van der Waals surface area contributed by atoms with Gasteiger partial charge in [-0.15, -0.1) is 0 Å². The van der Waals surface area contributed by atoms with Crippen molar-refractivity contribution in [2.45, 2.75) is 26.2 Å². The highest BCUT2D eigenvalue weighted by Crippen LogP contribution is 2.27. The Kier molecular flexibility index (Phi) is 3.06. The van der Waals surface area contributed by atoms with Crippen LogP contribution >= 0.6 is 0 Å². The molecule has 0 aliphatic heterocycles. The summed E-state index contributed by atoms with van der Waals surface area (Å²) < 4.78 is 0. The third kappa shape index (κ3) is 2.44. The standard InChI is InChI=1S/C19H19N/c1-19(2,3)17-10-11-20-18(13-17)16-9-8-14-6-4-5-7-15(14)12-16/h4-13H,1-3H3. The monoisotopic (exact) mass is 261 g/mol.